The fraction of sp³-hybridized carbons (Fsp3) is 0.600. The van der Waals surface area contributed by atoms with Crippen LogP contribution in [0.2, 0.25) is 78.6 Å². The Balaban J connectivity index is 1.50. The van der Waals surface area contributed by atoms with Gasteiger partial charge in [-0.2, -0.15) is 0 Å². The second-order valence-corrected chi connectivity index (χ2v) is 79.7. The summed E-state index contributed by atoms with van der Waals surface area (Å²) < 4.78 is 110. The third-order valence-corrected chi connectivity index (χ3v) is 74.4. The summed E-state index contributed by atoms with van der Waals surface area (Å²) in [6, 6.07) is 26.8. The summed E-state index contributed by atoms with van der Waals surface area (Å²) in [7, 11) is -29.6. The van der Waals surface area contributed by atoms with Crippen LogP contribution in [0.4, 0.5) is 22.7 Å². The normalized spacial score (nSPS) is 24.4. The molecular weight excluding hydrogens is 1480 g/mol. The van der Waals surface area contributed by atoms with E-state index in [-0.39, 0.29) is 47.3 Å². The number of anilines is 4. The molecule has 4 aromatic carbocycles. The summed E-state index contributed by atoms with van der Waals surface area (Å²) in [6.45, 7) is 64.5. The van der Waals surface area contributed by atoms with Crippen molar-refractivity contribution in [3.8, 4) is 0 Å². The maximum atomic E-state index is 8.38. The van der Waals surface area contributed by atoms with Gasteiger partial charge in [0.15, 0.2) is 0 Å². The van der Waals surface area contributed by atoms with Crippen molar-refractivity contribution >= 4 is 153 Å². The molecule has 16 nitrogen and oxygen atoms in total. The average molecular weight is 1590 g/mol. The Hall–Kier alpha value is -0.494. The molecular formula is C60H104Ge4N4O12Si8. The standard InChI is InChI=1S/C60H104Ge4N4O12Si8/c1-41(2)49-33-29-34-50(42(3)4)57(49)65(81(17,18)19)85-69-61-72-86(66(82(20,21)22)58-51(43(5)6)35-30-36-52(58)44(7)8)73-62(70-85)75-88(68(84(26,27)28)60-55(47(13)14)39-32-40-56(60)48(15)16)77-63(71-85)76-87(74-61,79-64(78-86)80-88)67(83(23,24)25)59-53(45(9)10)37-31-38-54(59)46(11)12/h29-48H,1-28H3. The average Bonchev–Trinajstić information content (AvgIpc) is 1.05. The minimum atomic E-state index is -4.61. The molecule has 484 valence electrons. The monoisotopic (exact) mass is 1590 g/mol. The number of hydrogen-bond acceptors (Lipinski definition) is 16. The van der Waals surface area contributed by atoms with Gasteiger partial charge in [-0.3, -0.25) is 0 Å². The van der Waals surface area contributed by atoms with Crippen LogP contribution in [0.1, 0.15) is 203 Å². The van der Waals surface area contributed by atoms with E-state index in [9.17, 15) is 0 Å². The molecule has 4 radical (unpaired) electrons. The predicted molar refractivity (Wildman–Crippen MR) is 381 cm³/mol. The first-order valence-electron chi connectivity index (χ1n) is 32.1. The van der Waals surface area contributed by atoms with Gasteiger partial charge in [0.25, 0.3) is 0 Å². The van der Waals surface area contributed by atoms with Gasteiger partial charge >= 0.3 is 565 Å². The summed E-state index contributed by atoms with van der Waals surface area (Å²) in [4.78, 5) is 0. The third-order valence-electron chi connectivity index (χ3n) is 16.6. The van der Waals surface area contributed by atoms with Gasteiger partial charge in [-0.25, -0.2) is 0 Å². The second kappa shape index (κ2) is 26.2. The van der Waals surface area contributed by atoms with E-state index in [1.165, 1.54) is 0 Å². The zero-order valence-electron chi connectivity index (χ0n) is 58.2. The zero-order valence-corrected chi connectivity index (χ0v) is 74.6. The molecule has 0 unspecified atom stereocenters. The van der Waals surface area contributed by atoms with E-state index >= 15 is 0 Å². The first kappa shape index (κ1) is 71.8. The van der Waals surface area contributed by atoms with Crippen molar-refractivity contribution in [2.24, 2.45) is 0 Å². The van der Waals surface area contributed by atoms with Gasteiger partial charge in [0.05, 0.1) is 0 Å². The van der Waals surface area contributed by atoms with Crippen molar-refractivity contribution in [1.29, 1.82) is 0 Å². The molecule has 0 amide bonds. The van der Waals surface area contributed by atoms with Crippen LogP contribution in [0, 0.1) is 0 Å². The Morgan fingerprint density at radius 2 is 0.352 bits per heavy atom. The summed E-state index contributed by atoms with van der Waals surface area (Å²) in [5, 5.41) is 0. The Morgan fingerprint density at radius 1 is 0.239 bits per heavy atom. The molecule has 88 heavy (non-hydrogen) atoms. The van der Waals surface area contributed by atoms with Crippen molar-refractivity contribution in [3.05, 3.63) is 117 Å². The third kappa shape index (κ3) is 13.6. The van der Waals surface area contributed by atoms with Crippen LogP contribution in [-0.2, 0) is 41.4 Å². The van der Waals surface area contributed by atoms with E-state index in [1.807, 2.05) is 0 Å². The maximum absolute atomic E-state index is 8.38. The fourth-order valence-electron chi connectivity index (χ4n) is 12.9. The van der Waals surface area contributed by atoms with Crippen LogP contribution >= 0.6 is 0 Å². The summed E-state index contributed by atoms with van der Waals surface area (Å²) in [5.74, 6) is 0.895. The second-order valence-electron chi connectivity index (χ2n) is 30.7. The molecule has 8 bridgehead atoms. The van der Waals surface area contributed by atoms with Crippen LogP contribution in [0.5, 0.6) is 0 Å². The van der Waals surface area contributed by atoms with E-state index < -0.39 is 130 Å². The Bertz CT molecular complexity index is 2600. The summed E-state index contributed by atoms with van der Waals surface area (Å²) >= 11 is -17.5. The molecule has 0 spiro atoms. The van der Waals surface area contributed by atoms with E-state index in [1.54, 1.807) is 0 Å². The summed E-state index contributed by atoms with van der Waals surface area (Å²) in [5.41, 5.74) is 13.5. The first-order chi connectivity index (χ1) is 40.6. The van der Waals surface area contributed by atoms with E-state index in [0.717, 1.165) is 67.3 Å². The van der Waals surface area contributed by atoms with Crippen molar-refractivity contribution in [2.75, 3.05) is 16.9 Å². The van der Waals surface area contributed by atoms with Gasteiger partial charge in [-0.05, 0) is 0 Å². The van der Waals surface area contributed by atoms with Gasteiger partial charge in [-0.1, -0.05) is 0 Å². The van der Waals surface area contributed by atoms with Crippen molar-refractivity contribution < 1.29 is 41.4 Å². The van der Waals surface area contributed by atoms with Crippen molar-refractivity contribution in [2.45, 2.75) is 237 Å². The summed E-state index contributed by atoms with van der Waals surface area (Å²) in [6.07, 6.45) is 0. The molecule has 10 rings (SSSR count). The number of nitrogens with zero attached hydrogens (tertiary/aromatic N) is 4. The van der Waals surface area contributed by atoms with Crippen LogP contribution in [0.15, 0.2) is 72.8 Å². The quantitative estimate of drug-likeness (QED) is 0.0779. The molecule has 0 saturated carbocycles. The molecule has 0 aliphatic carbocycles. The molecule has 0 N–H and O–H groups in total. The molecule has 6 saturated heterocycles. The predicted octanol–water partition coefficient (Wildman–Crippen LogP) is 16.3. The topological polar surface area (TPSA) is 124 Å². The number of hydrogen-bond donors (Lipinski definition) is 0. The fourth-order valence-corrected chi connectivity index (χ4v) is 98.3. The van der Waals surface area contributed by atoms with Crippen LogP contribution < -0.4 is 16.9 Å². The number of rotatable bonds is 20. The molecule has 4 aromatic rings. The molecule has 28 heteroatoms. The zero-order chi connectivity index (χ0) is 65.1. The van der Waals surface area contributed by atoms with E-state index in [4.69, 9.17) is 41.4 Å². The van der Waals surface area contributed by atoms with Crippen molar-refractivity contribution in [1.82, 2.24) is 0 Å². The number of benzene rings is 4. The first-order valence-corrected chi connectivity index (χ1v) is 62.9. The SMILES string of the molecule is CC(C)c1cccc(C(C)C)c1N([Si](C)(C)C)[Si]12[O][Ge]3[O][Si]4(N(c5c(C(C)C)cccc5C(C)C)[Si](C)(C)C)[O][Ge]([O]1)[O][Si]1(N(c5c(C(C)C)cccc5C(C)C)[Si](C)(C)C)[O][Ge]([O]2)[O][Si](N(c2c(C(C)C)cccc2C(C)C)[Si](C)(C)C)([O]3)[O][Ge]([O]4)[O]1. The van der Waals surface area contributed by atoms with Gasteiger partial charge in [0.1, 0.15) is 0 Å². The van der Waals surface area contributed by atoms with Gasteiger partial charge < -0.3 is 0 Å². The van der Waals surface area contributed by atoms with E-state index in [2.05, 4.69) is 279 Å². The Morgan fingerprint density at radius 3 is 0.443 bits per heavy atom. The van der Waals surface area contributed by atoms with Crippen LogP contribution in [0.3, 0.4) is 0 Å². The Labute approximate surface area is 560 Å². The van der Waals surface area contributed by atoms with E-state index in [0.29, 0.717) is 0 Å². The van der Waals surface area contributed by atoms with Crippen LogP contribution in [-0.4, -0.2) is 130 Å². The molecule has 0 atom stereocenters. The van der Waals surface area contributed by atoms with Gasteiger partial charge in [0, 0.05) is 0 Å². The molecule has 6 fully saturated rings. The molecule has 6 heterocycles. The number of para-hydroxylation sites is 4. The molecule has 6 aliphatic heterocycles. The Kier molecular flexibility index (Phi) is 21.3. The van der Waals surface area contributed by atoms with Gasteiger partial charge in [0.2, 0.25) is 0 Å². The minimum absolute atomic E-state index is 0.112. The van der Waals surface area contributed by atoms with Crippen molar-refractivity contribution in [3.63, 3.8) is 0 Å². The van der Waals surface area contributed by atoms with Crippen LogP contribution in [0.25, 0.3) is 0 Å². The van der Waals surface area contributed by atoms with Gasteiger partial charge in [-0.15, -0.1) is 0 Å². The molecule has 6 aliphatic rings. The molecule has 0 aromatic heterocycles.